The molecule has 0 saturated heterocycles. The minimum atomic E-state index is -0.505. The van der Waals surface area contributed by atoms with Crippen LogP contribution in [0.3, 0.4) is 0 Å². The Hall–Kier alpha value is -3.81. The molecule has 184 valence electrons. The predicted molar refractivity (Wildman–Crippen MR) is 133 cm³/mol. The van der Waals surface area contributed by atoms with Gasteiger partial charge >= 0.3 is 5.97 Å². The molecule has 0 atom stereocenters. The first-order chi connectivity index (χ1) is 16.7. The fourth-order valence-electron chi connectivity index (χ4n) is 4.42. The van der Waals surface area contributed by atoms with Crippen LogP contribution in [0, 0.1) is 6.92 Å². The summed E-state index contributed by atoms with van der Waals surface area (Å²) in [6.45, 7) is 11.2. The first kappa shape index (κ1) is 24.3. The Morgan fingerprint density at radius 2 is 1.83 bits per heavy atom. The number of aromatic amines is 1. The molecule has 4 rings (SSSR count). The number of hydrogen-bond donors (Lipinski definition) is 1. The fourth-order valence-corrected chi connectivity index (χ4v) is 4.42. The average molecular weight is 477 g/mol. The van der Waals surface area contributed by atoms with E-state index in [-0.39, 0.29) is 17.6 Å². The lowest BCUT2D eigenvalue weighted by atomic mass is 9.82. The molecule has 0 saturated carbocycles. The van der Waals surface area contributed by atoms with Crippen LogP contribution in [0.4, 0.5) is 0 Å². The van der Waals surface area contributed by atoms with Crippen LogP contribution in [-0.2, 0) is 21.5 Å². The molecule has 2 aromatic heterocycles. The number of aromatic nitrogens is 3. The number of nitrogens with zero attached hydrogens (tertiary/aromatic N) is 3. The molecule has 35 heavy (non-hydrogen) atoms. The van der Waals surface area contributed by atoms with E-state index in [0.717, 1.165) is 17.8 Å². The van der Waals surface area contributed by atoms with Crippen molar-refractivity contribution in [1.82, 2.24) is 19.7 Å². The molecule has 3 heterocycles. The van der Waals surface area contributed by atoms with Crippen LogP contribution in [0.15, 0.2) is 55.0 Å². The normalized spacial score (nSPS) is 14.8. The Labute approximate surface area is 205 Å². The van der Waals surface area contributed by atoms with Crippen LogP contribution >= 0.6 is 0 Å². The maximum atomic E-state index is 13.5. The number of H-pyrrole nitrogens is 1. The maximum absolute atomic E-state index is 13.5. The number of aryl methyl sites for hydroxylation is 1. The number of hydrogen-bond acceptors (Lipinski definition) is 5. The van der Waals surface area contributed by atoms with Gasteiger partial charge in [0.05, 0.1) is 12.6 Å². The monoisotopic (exact) mass is 476 g/mol. The number of amides is 1. The summed E-state index contributed by atoms with van der Waals surface area (Å²) in [6, 6.07) is 11.0. The molecule has 0 bridgehead atoms. The zero-order valence-corrected chi connectivity index (χ0v) is 20.9. The molecule has 0 aliphatic carbocycles. The highest BCUT2D eigenvalue weighted by atomic mass is 16.5. The number of fused-ring (bicyclic) bond motifs is 1. The lowest BCUT2D eigenvalue weighted by molar-refractivity contribution is -0.140. The third kappa shape index (κ3) is 5.31. The molecule has 0 fully saturated rings. The van der Waals surface area contributed by atoms with E-state index < -0.39 is 11.4 Å². The number of nitrogens with one attached hydrogen (secondary N) is 1. The van der Waals surface area contributed by atoms with Gasteiger partial charge in [-0.2, -0.15) is 5.10 Å². The summed E-state index contributed by atoms with van der Waals surface area (Å²) in [5.74, 6) is -0.0225. The molecule has 1 N–H and O–H groups in total. The van der Waals surface area contributed by atoms with Gasteiger partial charge in [-0.05, 0) is 57.2 Å². The Balaban J connectivity index is 1.56. The van der Waals surface area contributed by atoms with Crippen molar-refractivity contribution < 1.29 is 19.1 Å². The van der Waals surface area contributed by atoms with Gasteiger partial charge in [0.2, 0.25) is 0 Å². The summed E-state index contributed by atoms with van der Waals surface area (Å²) in [6.07, 6.45) is 5.25. The molecule has 8 heteroatoms. The van der Waals surface area contributed by atoms with Crippen molar-refractivity contribution >= 4 is 17.4 Å². The van der Waals surface area contributed by atoms with Crippen LogP contribution in [0.5, 0.6) is 5.75 Å². The van der Waals surface area contributed by atoms with Crippen LogP contribution in [0.1, 0.15) is 55.0 Å². The average Bonchev–Trinajstić information content (AvgIpc) is 3.43. The molecule has 0 spiro atoms. The van der Waals surface area contributed by atoms with Gasteiger partial charge in [0.1, 0.15) is 23.6 Å². The lowest BCUT2D eigenvalue weighted by Gasteiger charge is -2.29. The fraction of sp³-hybridized carbons (Fsp3) is 0.370. The highest BCUT2D eigenvalue weighted by Gasteiger charge is 2.38. The van der Waals surface area contributed by atoms with Crippen LogP contribution in [-0.4, -0.2) is 50.8 Å². The summed E-state index contributed by atoms with van der Waals surface area (Å²) < 4.78 is 13.3. The number of carbonyl (C=O) groups excluding carboxylic acids is 2. The van der Waals surface area contributed by atoms with Gasteiger partial charge in [-0.25, -0.2) is 4.79 Å². The van der Waals surface area contributed by atoms with Gasteiger partial charge in [0, 0.05) is 47.4 Å². The van der Waals surface area contributed by atoms with E-state index in [0.29, 0.717) is 30.2 Å². The van der Waals surface area contributed by atoms with Crippen molar-refractivity contribution in [2.75, 3.05) is 13.2 Å². The van der Waals surface area contributed by atoms with E-state index in [1.54, 1.807) is 49.2 Å². The number of carbonyl (C=O) groups is 2. The van der Waals surface area contributed by atoms with Crippen molar-refractivity contribution in [3.63, 3.8) is 0 Å². The Bertz CT molecular complexity index is 1220. The first-order valence-electron chi connectivity index (χ1n) is 11.8. The van der Waals surface area contributed by atoms with E-state index >= 15 is 0 Å². The van der Waals surface area contributed by atoms with E-state index in [2.05, 4.69) is 10.2 Å². The molecular formula is C27H32N4O4. The predicted octanol–water partition coefficient (Wildman–Crippen LogP) is 4.32. The zero-order valence-electron chi connectivity index (χ0n) is 20.9. The second-order valence-corrected chi connectivity index (χ2v) is 9.68. The largest absolute Gasteiger partial charge is 0.492 e. The van der Waals surface area contributed by atoms with Crippen molar-refractivity contribution in [1.29, 1.82) is 0 Å². The van der Waals surface area contributed by atoms with Crippen molar-refractivity contribution in [3.8, 4) is 5.75 Å². The first-order valence-corrected chi connectivity index (χ1v) is 11.8. The van der Waals surface area contributed by atoms with Gasteiger partial charge in [0.15, 0.2) is 0 Å². The summed E-state index contributed by atoms with van der Waals surface area (Å²) >= 11 is 0. The van der Waals surface area contributed by atoms with Crippen LogP contribution in [0.2, 0.25) is 0 Å². The maximum Gasteiger partial charge on any atom is 0.342 e. The van der Waals surface area contributed by atoms with Crippen molar-refractivity contribution in [3.05, 3.63) is 77.5 Å². The Morgan fingerprint density at radius 1 is 1.14 bits per heavy atom. The van der Waals surface area contributed by atoms with Gasteiger partial charge in [-0.15, -0.1) is 0 Å². The van der Waals surface area contributed by atoms with E-state index in [1.165, 1.54) is 0 Å². The van der Waals surface area contributed by atoms with Gasteiger partial charge < -0.3 is 18.9 Å². The van der Waals surface area contributed by atoms with Crippen LogP contribution < -0.4 is 4.74 Å². The molecule has 0 radical (unpaired) electrons. The third-order valence-corrected chi connectivity index (χ3v) is 5.94. The highest BCUT2D eigenvalue weighted by Crippen LogP contribution is 2.37. The quantitative estimate of drug-likeness (QED) is 0.513. The molecule has 1 aromatic carbocycles. The molecular weight excluding hydrogens is 444 g/mol. The Morgan fingerprint density at radius 3 is 2.49 bits per heavy atom. The van der Waals surface area contributed by atoms with Crippen molar-refractivity contribution in [2.24, 2.45) is 0 Å². The van der Waals surface area contributed by atoms with E-state index in [4.69, 9.17) is 9.47 Å². The summed E-state index contributed by atoms with van der Waals surface area (Å²) in [5, 5.41) is 7.39. The summed E-state index contributed by atoms with van der Waals surface area (Å²) in [7, 11) is 0. The molecule has 3 aromatic rings. The van der Waals surface area contributed by atoms with Crippen LogP contribution in [0.25, 0.3) is 5.57 Å². The number of rotatable bonds is 7. The number of benzene rings is 1. The van der Waals surface area contributed by atoms with Crippen molar-refractivity contribution in [2.45, 2.75) is 52.7 Å². The lowest BCUT2D eigenvalue weighted by Crippen LogP contribution is -2.37. The number of ether oxygens (including phenoxy) is 2. The van der Waals surface area contributed by atoms with E-state index in [1.807, 2.05) is 49.9 Å². The van der Waals surface area contributed by atoms with E-state index in [9.17, 15) is 9.59 Å². The highest BCUT2D eigenvalue weighted by molar-refractivity contribution is 6.17. The summed E-state index contributed by atoms with van der Waals surface area (Å²) in [5.41, 5.74) is 2.63. The second-order valence-electron chi connectivity index (χ2n) is 9.68. The Kier molecular flexibility index (Phi) is 6.82. The smallest absolute Gasteiger partial charge is 0.342 e. The number of esters is 1. The molecule has 1 aliphatic heterocycles. The zero-order chi connectivity index (χ0) is 25.2. The minimum Gasteiger partial charge on any atom is -0.492 e. The molecule has 1 aliphatic rings. The molecule has 1 amide bonds. The third-order valence-electron chi connectivity index (χ3n) is 5.94. The second kappa shape index (κ2) is 9.82. The standard InChI is InChI=1S/C27H32N4O4/c1-18(2)35-26(33)22-16-31(17-27(4,5)23-19(3)28-29-24(22)23)25(32)20-8-10-21(11-9-20)34-15-14-30-12-6-7-13-30/h6-13,16,18H,14-15,17H2,1-5H3,(H,28,29). The summed E-state index contributed by atoms with van der Waals surface area (Å²) in [4.78, 5) is 28.1. The van der Waals surface area contributed by atoms with Gasteiger partial charge in [-0.3, -0.25) is 9.89 Å². The topological polar surface area (TPSA) is 89.5 Å². The minimum absolute atomic E-state index is 0.210. The van der Waals surface area contributed by atoms with Gasteiger partial charge in [-0.1, -0.05) is 13.8 Å². The van der Waals surface area contributed by atoms with Gasteiger partial charge in [0.25, 0.3) is 5.91 Å². The molecule has 0 unspecified atom stereocenters. The molecule has 8 nitrogen and oxygen atoms in total. The SMILES string of the molecule is Cc1[nH]nc2c1C(C)(C)CN(C(=O)c1ccc(OCCn3cccc3)cc1)C=C2C(=O)OC(C)C.